The molecule has 8 heteroatoms. The third kappa shape index (κ3) is 4.22. The van der Waals surface area contributed by atoms with Crippen molar-refractivity contribution in [3.63, 3.8) is 0 Å². The molecule has 31 heavy (non-hydrogen) atoms. The first-order valence-electron chi connectivity index (χ1n) is 11.1. The molecule has 0 heterocycles. The molecule has 4 fully saturated rings. The first-order chi connectivity index (χ1) is 14.8. The van der Waals surface area contributed by atoms with Gasteiger partial charge in [0.15, 0.2) is 11.5 Å². The van der Waals surface area contributed by atoms with E-state index in [-0.39, 0.29) is 40.8 Å². The summed E-state index contributed by atoms with van der Waals surface area (Å²) in [6.07, 6.45) is 7.43. The van der Waals surface area contributed by atoms with E-state index >= 15 is 0 Å². The van der Waals surface area contributed by atoms with Crippen LogP contribution in [0.15, 0.2) is 12.1 Å². The predicted molar refractivity (Wildman–Crippen MR) is 115 cm³/mol. The van der Waals surface area contributed by atoms with Crippen LogP contribution < -0.4 is 14.8 Å². The van der Waals surface area contributed by atoms with Crippen LogP contribution in [0.1, 0.15) is 55.8 Å². The van der Waals surface area contributed by atoms with Crippen molar-refractivity contribution in [2.45, 2.75) is 51.5 Å². The summed E-state index contributed by atoms with van der Waals surface area (Å²) in [5, 5.41) is 14.8. The topological polar surface area (TPSA) is 99.9 Å². The molecule has 0 unspecified atom stereocenters. The first kappa shape index (κ1) is 21.9. The SMILES string of the molecule is COCCOc1cc([N+](=O)[O-])c(C(=O)N[C@@H](C)C23CC4CC(CC(C4)C2)C3)cc1OC. The molecular weight excluding hydrogens is 400 g/mol. The number of carbonyl (C=O) groups excluding carboxylic acids is 1. The molecule has 4 saturated carbocycles. The highest BCUT2D eigenvalue weighted by atomic mass is 16.6. The minimum absolute atomic E-state index is 0.00230. The number of nitrogens with one attached hydrogen (secondary N) is 1. The lowest BCUT2D eigenvalue weighted by molar-refractivity contribution is -0.385. The number of rotatable bonds is 9. The molecule has 8 nitrogen and oxygen atoms in total. The van der Waals surface area contributed by atoms with Crippen molar-refractivity contribution in [3.8, 4) is 11.5 Å². The van der Waals surface area contributed by atoms with Gasteiger partial charge in [-0.2, -0.15) is 0 Å². The summed E-state index contributed by atoms with van der Waals surface area (Å²) in [6.45, 7) is 2.62. The van der Waals surface area contributed by atoms with Gasteiger partial charge in [-0.25, -0.2) is 0 Å². The van der Waals surface area contributed by atoms with E-state index in [0.717, 1.165) is 37.0 Å². The van der Waals surface area contributed by atoms with Crippen molar-refractivity contribution in [3.05, 3.63) is 27.8 Å². The minimum Gasteiger partial charge on any atom is -0.493 e. The molecule has 5 rings (SSSR count). The normalized spacial score (nSPS) is 29.5. The van der Waals surface area contributed by atoms with Crippen LogP contribution in [0.4, 0.5) is 5.69 Å². The molecule has 1 amide bonds. The van der Waals surface area contributed by atoms with Gasteiger partial charge >= 0.3 is 0 Å². The number of amides is 1. The van der Waals surface area contributed by atoms with E-state index in [1.54, 1.807) is 7.11 Å². The Hall–Kier alpha value is -2.35. The molecular formula is C23H32N2O6. The van der Waals surface area contributed by atoms with Crippen molar-refractivity contribution >= 4 is 11.6 Å². The molecule has 1 aromatic rings. The van der Waals surface area contributed by atoms with Gasteiger partial charge in [0, 0.05) is 19.2 Å². The smallest absolute Gasteiger partial charge is 0.286 e. The molecule has 4 aliphatic rings. The van der Waals surface area contributed by atoms with E-state index in [2.05, 4.69) is 12.2 Å². The zero-order chi connectivity index (χ0) is 22.2. The quantitative estimate of drug-likeness (QED) is 0.360. The Bertz CT molecular complexity index is 819. The van der Waals surface area contributed by atoms with Crippen molar-refractivity contribution < 1.29 is 23.9 Å². The Balaban J connectivity index is 1.55. The van der Waals surface area contributed by atoms with Gasteiger partial charge in [-0.15, -0.1) is 0 Å². The van der Waals surface area contributed by atoms with E-state index in [0.29, 0.717) is 6.61 Å². The van der Waals surface area contributed by atoms with Crippen LogP contribution in [-0.2, 0) is 4.74 Å². The van der Waals surface area contributed by atoms with Gasteiger partial charge < -0.3 is 19.5 Å². The van der Waals surface area contributed by atoms with E-state index < -0.39 is 10.8 Å². The molecule has 4 aliphatic carbocycles. The van der Waals surface area contributed by atoms with E-state index in [1.165, 1.54) is 38.5 Å². The van der Waals surface area contributed by atoms with E-state index in [1.807, 2.05) is 0 Å². The molecule has 0 aliphatic heterocycles. The van der Waals surface area contributed by atoms with E-state index in [9.17, 15) is 14.9 Å². The summed E-state index contributed by atoms with van der Waals surface area (Å²) in [4.78, 5) is 24.4. The van der Waals surface area contributed by atoms with Crippen LogP contribution >= 0.6 is 0 Å². The molecule has 1 aromatic carbocycles. The molecule has 0 radical (unpaired) electrons. The lowest BCUT2D eigenvalue weighted by Crippen LogP contribution is -2.55. The number of nitro groups is 1. The summed E-state index contributed by atoms with van der Waals surface area (Å²) < 4.78 is 15.8. The number of hydrogen-bond donors (Lipinski definition) is 1. The molecule has 0 aromatic heterocycles. The second-order valence-electron chi connectivity index (χ2n) is 9.59. The maximum absolute atomic E-state index is 13.2. The summed E-state index contributed by atoms with van der Waals surface area (Å²) in [7, 11) is 2.99. The third-order valence-electron chi connectivity index (χ3n) is 7.62. The monoisotopic (exact) mass is 432 g/mol. The van der Waals surface area contributed by atoms with Gasteiger partial charge in [-0.05, 0) is 68.6 Å². The van der Waals surface area contributed by atoms with Crippen LogP contribution in [0.2, 0.25) is 0 Å². The number of carbonyl (C=O) groups is 1. The van der Waals surface area contributed by atoms with Crippen LogP contribution in [0, 0.1) is 33.3 Å². The summed E-state index contributed by atoms with van der Waals surface area (Å²) in [5.41, 5.74) is -0.173. The van der Waals surface area contributed by atoms with E-state index in [4.69, 9.17) is 14.2 Å². The van der Waals surface area contributed by atoms with Crippen molar-refractivity contribution in [1.82, 2.24) is 5.32 Å². The molecule has 1 atom stereocenters. The van der Waals surface area contributed by atoms with Gasteiger partial charge in [0.1, 0.15) is 12.2 Å². The lowest BCUT2D eigenvalue weighted by atomic mass is 9.48. The van der Waals surface area contributed by atoms with Crippen LogP contribution in [-0.4, -0.2) is 44.3 Å². The number of benzene rings is 1. The van der Waals surface area contributed by atoms with Crippen LogP contribution in [0.5, 0.6) is 11.5 Å². The van der Waals surface area contributed by atoms with Crippen molar-refractivity contribution in [2.24, 2.45) is 23.2 Å². The highest BCUT2D eigenvalue weighted by Crippen LogP contribution is 2.61. The largest absolute Gasteiger partial charge is 0.493 e. The van der Waals surface area contributed by atoms with Crippen LogP contribution in [0.25, 0.3) is 0 Å². The Morgan fingerprint density at radius 1 is 1.13 bits per heavy atom. The molecule has 0 spiro atoms. The van der Waals surface area contributed by atoms with Crippen molar-refractivity contribution in [1.29, 1.82) is 0 Å². The number of nitrogens with zero attached hydrogens (tertiary/aromatic N) is 1. The standard InChI is InChI=1S/C23H32N2O6/c1-14(23-11-15-6-16(12-23)8-17(7-15)13-23)24-22(26)18-9-20(30-3)21(31-5-4-29-2)10-19(18)25(27)28/h9-10,14-17H,4-8,11-13H2,1-3H3,(H,24,26)/t14-,15?,16?,17?,23?/m0/s1. The van der Waals surface area contributed by atoms with Gasteiger partial charge in [0.2, 0.25) is 0 Å². The maximum atomic E-state index is 13.2. The predicted octanol–water partition coefficient (Wildman–Crippen LogP) is 3.96. The van der Waals surface area contributed by atoms with Gasteiger partial charge in [0.05, 0.1) is 24.7 Å². The highest BCUT2D eigenvalue weighted by Gasteiger charge is 2.53. The molecule has 4 bridgehead atoms. The first-order valence-corrected chi connectivity index (χ1v) is 11.1. The average molecular weight is 433 g/mol. The Kier molecular flexibility index (Phi) is 6.10. The number of nitro benzene ring substituents is 1. The van der Waals surface area contributed by atoms with Crippen molar-refractivity contribution in [2.75, 3.05) is 27.4 Å². The second kappa shape index (κ2) is 8.65. The Labute approximate surface area is 182 Å². The van der Waals surface area contributed by atoms with Gasteiger partial charge in [-0.3, -0.25) is 14.9 Å². The Morgan fingerprint density at radius 2 is 1.74 bits per heavy atom. The number of ether oxygens (including phenoxy) is 3. The summed E-state index contributed by atoms with van der Waals surface area (Å²) in [6, 6.07) is 2.64. The Morgan fingerprint density at radius 3 is 2.26 bits per heavy atom. The minimum atomic E-state index is -0.549. The second-order valence-corrected chi connectivity index (χ2v) is 9.59. The fraction of sp³-hybridized carbons (Fsp3) is 0.696. The maximum Gasteiger partial charge on any atom is 0.286 e. The fourth-order valence-electron chi connectivity index (χ4n) is 6.52. The number of hydrogen-bond acceptors (Lipinski definition) is 6. The van der Waals surface area contributed by atoms with Gasteiger partial charge in [-0.1, -0.05) is 0 Å². The molecule has 170 valence electrons. The molecule has 1 N–H and O–H groups in total. The lowest BCUT2D eigenvalue weighted by Gasteiger charge is -2.59. The zero-order valence-electron chi connectivity index (χ0n) is 18.5. The summed E-state index contributed by atoms with van der Waals surface area (Å²) >= 11 is 0. The third-order valence-corrected chi connectivity index (χ3v) is 7.62. The number of methoxy groups -OCH3 is 2. The van der Waals surface area contributed by atoms with Crippen LogP contribution in [0.3, 0.4) is 0 Å². The molecule has 0 saturated heterocycles. The summed E-state index contributed by atoms with van der Waals surface area (Å²) in [5.74, 6) is 2.37. The highest BCUT2D eigenvalue weighted by molar-refractivity contribution is 5.99. The van der Waals surface area contributed by atoms with Gasteiger partial charge in [0.25, 0.3) is 11.6 Å². The average Bonchev–Trinajstić information content (AvgIpc) is 2.72. The zero-order valence-corrected chi connectivity index (χ0v) is 18.5. The fourth-order valence-corrected chi connectivity index (χ4v) is 6.52.